The van der Waals surface area contributed by atoms with Crippen LogP contribution >= 0.6 is 0 Å². The Morgan fingerprint density at radius 1 is 0.500 bits per heavy atom. The largest absolute Gasteiger partial charge is 0.289 e. The summed E-state index contributed by atoms with van der Waals surface area (Å²) in [7, 11) is 0. The van der Waals surface area contributed by atoms with Crippen LogP contribution in [0.25, 0.3) is 43.1 Å². The third-order valence-corrected chi connectivity index (χ3v) is 4.69. The third kappa shape index (κ3) is 1.48. The van der Waals surface area contributed by atoms with Crippen LogP contribution in [0, 0.1) is 11.6 Å². The van der Waals surface area contributed by atoms with Crippen molar-refractivity contribution in [2.45, 2.75) is 0 Å². The Bertz CT molecular complexity index is 1410. The monoisotopic (exact) mass is 318 g/mol. The van der Waals surface area contributed by atoms with Gasteiger partial charge in [0.05, 0.1) is 0 Å². The Morgan fingerprint density at radius 3 is 1.71 bits per heavy atom. The van der Waals surface area contributed by atoms with Crippen molar-refractivity contribution in [1.82, 2.24) is 0 Å². The topological polar surface area (TPSA) is 34.1 Å². The van der Waals surface area contributed by atoms with Gasteiger partial charge in [-0.1, -0.05) is 18.2 Å². The molecular weight excluding hydrogens is 310 g/mol. The molecule has 114 valence electrons. The lowest BCUT2D eigenvalue weighted by molar-refractivity contribution is 0.629. The van der Waals surface area contributed by atoms with Gasteiger partial charge in [0, 0.05) is 26.9 Å². The smallest absolute Gasteiger partial charge is 0.195 e. The minimum atomic E-state index is -0.497. The normalized spacial score (nSPS) is 12.1. The number of rotatable bonds is 0. The average Bonchev–Trinajstić information content (AvgIpc) is 3.01. The maximum Gasteiger partial charge on any atom is 0.195 e. The summed E-state index contributed by atoms with van der Waals surface area (Å²) in [5.41, 5.74) is -0.599. The highest BCUT2D eigenvalue weighted by molar-refractivity contribution is 6.28. The minimum absolute atomic E-state index is 0.258. The van der Waals surface area contributed by atoms with Crippen LogP contribution < -0.4 is 10.9 Å². The Hall–Kier alpha value is -3.14. The van der Waals surface area contributed by atoms with Gasteiger partial charge in [-0.25, -0.2) is 8.78 Å². The van der Waals surface area contributed by atoms with Crippen LogP contribution in [0.15, 0.2) is 58.1 Å². The van der Waals surface area contributed by atoms with E-state index in [0.717, 1.165) is 0 Å². The molecule has 0 heterocycles. The van der Waals surface area contributed by atoms with Gasteiger partial charge in [-0.3, -0.25) is 9.59 Å². The summed E-state index contributed by atoms with van der Waals surface area (Å²) < 4.78 is 27.0. The SMILES string of the molecule is O=c1c2cc(F)ccc2c2c1ccc1c3ccc(F)cc3c(=O)c12. The number of benzene rings is 3. The van der Waals surface area contributed by atoms with Gasteiger partial charge in [0.2, 0.25) is 0 Å². The van der Waals surface area contributed by atoms with Gasteiger partial charge in [0.25, 0.3) is 0 Å². The molecule has 0 N–H and O–H groups in total. The van der Waals surface area contributed by atoms with Gasteiger partial charge >= 0.3 is 0 Å². The number of fused-ring (bicyclic) bond motifs is 7. The van der Waals surface area contributed by atoms with Crippen LogP contribution in [-0.2, 0) is 0 Å². The second-order valence-corrected chi connectivity index (χ2v) is 5.95. The van der Waals surface area contributed by atoms with Crippen molar-refractivity contribution >= 4 is 43.1 Å². The molecule has 0 radical (unpaired) electrons. The van der Waals surface area contributed by atoms with Crippen molar-refractivity contribution in [1.29, 1.82) is 0 Å². The highest BCUT2D eigenvalue weighted by Gasteiger charge is 2.19. The van der Waals surface area contributed by atoms with Crippen molar-refractivity contribution in [3.05, 3.63) is 80.6 Å². The molecule has 0 saturated heterocycles. The van der Waals surface area contributed by atoms with Crippen LogP contribution in [0.3, 0.4) is 0 Å². The summed E-state index contributed by atoms with van der Waals surface area (Å²) in [4.78, 5) is 25.4. The Labute approximate surface area is 133 Å². The van der Waals surface area contributed by atoms with Crippen LogP contribution in [0.5, 0.6) is 0 Å². The first-order chi connectivity index (χ1) is 11.6. The molecule has 2 nitrogen and oxygen atoms in total. The molecule has 0 fully saturated rings. The van der Waals surface area contributed by atoms with Crippen molar-refractivity contribution in [3.8, 4) is 0 Å². The van der Waals surface area contributed by atoms with Crippen LogP contribution in [0.2, 0.25) is 0 Å². The first-order valence-corrected chi connectivity index (χ1v) is 7.42. The van der Waals surface area contributed by atoms with Gasteiger partial charge in [-0.15, -0.1) is 0 Å². The molecule has 0 bridgehead atoms. The van der Waals surface area contributed by atoms with Gasteiger partial charge in [-0.05, 0) is 46.5 Å². The zero-order valence-corrected chi connectivity index (χ0v) is 12.2. The van der Waals surface area contributed by atoms with E-state index >= 15 is 0 Å². The van der Waals surface area contributed by atoms with Crippen LogP contribution in [0.4, 0.5) is 8.78 Å². The van der Waals surface area contributed by atoms with E-state index in [1.165, 1.54) is 30.3 Å². The van der Waals surface area contributed by atoms with E-state index in [1.807, 2.05) is 0 Å². The summed E-state index contributed by atoms with van der Waals surface area (Å²) in [6.07, 6.45) is 0. The quantitative estimate of drug-likeness (QED) is 0.429. The second kappa shape index (κ2) is 4.23. The highest BCUT2D eigenvalue weighted by atomic mass is 19.1. The first-order valence-electron chi connectivity index (χ1n) is 7.42. The fourth-order valence-electron chi connectivity index (χ4n) is 3.67. The second-order valence-electron chi connectivity index (χ2n) is 5.95. The summed E-state index contributed by atoms with van der Waals surface area (Å²) in [6, 6.07) is 11.4. The predicted octanol–water partition coefficient (Wildman–Crippen LogP) is 4.17. The van der Waals surface area contributed by atoms with Crippen molar-refractivity contribution in [2.24, 2.45) is 0 Å². The minimum Gasteiger partial charge on any atom is -0.289 e. The standard InChI is InChI=1S/C20H8F2O2/c21-9-1-3-11-12-5-6-14-17(18(12)20(24)15(11)7-9)13-4-2-10(22)8-16(13)19(14)23/h1-8H. The molecule has 0 aromatic heterocycles. The lowest BCUT2D eigenvalue weighted by Gasteiger charge is -1.96. The van der Waals surface area contributed by atoms with E-state index in [9.17, 15) is 18.4 Å². The third-order valence-electron chi connectivity index (χ3n) is 4.69. The van der Waals surface area contributed by atoms with E-state index in [0.29, 0.717) is 37.7 Å². The molecule has 0 aliphatic carbocycles. The summed E-state index contributed by atoms with van der Waals surface area (Å²) in [5, 5.41) is 3.74. The van der Waals surface area contributed by atoms with Gasteiger partial charge < -0.3 is 0 Å². The van der Waals surface area contributed by atoms with Crippen molar-refractivity contribution in [3.63, 3.8) is 0 Å². The van der Waals surface area contributed by atoms with Crippen molar-refractivity contribution < 1.29 is 8.78 Å². The average molecular weight is 318 g/mol. The van der Waals surface area contributed by atoms with E-state index < -0.39 is 11.6 Å². The maximum atomic E-state index is 13.5. The molecule has 5 aromatic rings. The molecule has 24 heavy (non-hydrogen) atoms. The zero-order valence-electron chi connectivity index (χ0n) is 12.2. The molecule has 5 aromatic carbocycles. The summed E-state index contributed by atoms with van der Waals surface area (Å²) in [5.74, 6) is -0.978. The van der Waals surface area contributed by atoms with Gasteiger partial charge in [0.15, 0.2) is 10.9 Å². The summed E-state index contributed by atoms with van der Waals surface area (Å²) in [6.45, 7) is 0. The molecule has 0 unspecified atom stereocenters. The predicted molar refractivity (Wildman–Crippen MR) is 91.3 cm³/mol. The Morgan fingerprint density at radius 2 is 1.00 bits per heavy atom. The lowest BCUT2D eigenvalue weighted by atomic mass is 10.1. The Kier molecular flexibility index (Phi) is 2.35. The molecule has 5 rings (SSSR count). The molecule has 0 aliphatic rings. The lowest BCUT2D eigenvalue weighted by Crippen LogP contribution is -1.96. The molecule has 0 aliphatic heterocycles. The first kappa shape index (κ1) is 13.3. The Balaban J connectivity index is 2.18. The van der Waals surface area contributed by atoms with Crippen LogP contribution in [-0.4, -0.2) is 0 Å². The fraction of sp³-hybridized carbons (Fsp3) is 0. The zero-order chi connectivity index (χ0) is 16.6. The molecule has 0 spiro atoms. The van der Waals surface area contributed by atoms with Crippen LogP contribution in [0.1, 0.15) is 0 Å². The number of hydrogen-bond acceptors (Lipinski definition) is 2. The molecule has 0 amide bonds. The van der Waals surface area contributed by atoms with E-state index in [1.54, 1.807) is 18.2 Å². The summed E-state index contributed by atoms with van der Waals surface area (Å²) >= 11 is 0. The van der Waals surface area contributed by atoms with E-state index in [-0.39, 0.29) is 16.2 Å². The molecule has 4 heteroatoms. The fourth-order valence-corrected chi connectivity index (χ4v) is 3.67. The number of halogens is 2. The van der Waals surface area contributed by atoms with Gasteiger partial charge in [-0.2, -0.15) is 0 Å². The molecule has 0 saturated carbocycles. The highest BCUT2D eigenvalue weighted by Crippen LogP contribution is 2.34. The van der Waals surface area contributed by atoms with Crippen molar-refractivity contribution in [2.75, 3.05) is 0 Å². The van der Waals surface area contributed by atoms with E-state index in [2.05, 4.69) is 0 Å². The molecule has 0 atom stereocenters. The number of hydrogen-bond donors (Lipinski definition) is 0. The maximum absolute atomic E-state index is 13.5. The van der Waals surface area contributed by atoms with E-state index in [4.69, 9.17) is 0 Å². The molecular formula is C20H8F2O2. The van der Waals surface area contributed by atoms with Gasteiger partial charge in [0.1, 0.15) is 11.6 Å².